The molecule has 0 fully saturated rings. The largest absolute Gasteiger partial charge is 0.480 e. The van der Waals surface area contributed by atoms with Crippen LogP contribution < -0.4 is 10.1 Å². The number of carbonyl (C=O) groups excluding carboxylic acids is 1. The van der Waals surface area contributed by atoms with E-state index in [4.69, 9.17) is 4.74 Å². The summed E-state index contributed by atoms with van der Waals surface area (Å²) in [5, 5.41) is 11.6. The van der Waals surface area contributed by atoms with E-state index in [0.29, 0.717) is 16.7 Å². The van der Waals surface area contributed by atoms with E-state index in [1.165, 1.54) is 36.0 Å². The van der Waals surface area contributed by atoms with Crippen molar-refractivity contribution in [1.82, 2.24) is 14.8 Å². The molecule has 6 nitrogen and oxygen atoms in total. The van der Waals surface area contributed by atoms with E-state index in [1.54, 1.807) is 31.2 Å². The Balaban J connectivity index is 1.69. The Labute approximate surface area is 177 Å². The molecule has 1 N–H and O–H groups in total. The van der Waals surface area contributed by atoms with Crippen LogP contribution in [0.15, 0.2) is 53.7 Å². The van der Waals surface area contributed by atoms with Crippen LogP contribution in [0.2, 0.25) is 0 Å². The molecule has 0 aliphatic rings. The summed E-state index contributed by atoms with van der Waals surface area (Å²) >= 11 is 1.21. The van der Waals surface area contributed by atoms with Gasteiger partial charge in [0.05, 0.1) is 5.75 Å². The normalized spacial score (nSPS) is 12.1. The SMILES string of the molecule is CC(Oc1ccccc1F)c1nnc(SCC(=O)Nc2cccc(F)c2)n1C(C)C. The molecular weight excluding hydrogens is 410 g/mol. The lowest BCUT2D eigenvalue weighted by Crippen LogP contribution is -2.16. The molecule has 2 aromatic carbocycles. The number of hydrogen-bond donors (Lipinski definition) is 1. The topological polar surface area (TPSA) is 69.0 Å². The number of para-hydroxylation sites is 1. The molecule has 0 saturated carbocycles. The second-order valence-corrected chi connectivity index (χ2v) is 7.78. The number of benzene rings is 2. The van der Waals surface area contributed by atoms with E-state index in [-0.39, 0.29) is 23.5 Å². The standard InChI is InChI=1S/C21H22F2N4O2S/c1-13(2)27-20(14(3)29-18-10-5-4-9-17(18)23)25-26-21(27)30-12-19(28)24-16-8-6-7-15(22)11-16/h4-11,13-14H,12H2,1-3H3,(H,24,28). The minimum Gasteiger partial charge on any atom is -0.480 e. The zero-order chi connectivity index (χ0) is 21.7. The van der Waals surface area contributed by atoms with Gasteiger partial charge >= 0.3 is 0 Å². The van der Waals surface area contributed by atoms with Gasteiger partial charge in [0.25, 0.3) is 0 Å². The molecule has 3 rings (SSSR count). The quantitative estimate of drug-likeness (QED) is 0.507. The van der Waals surface area contributed by atoms with Gasteiger partial charge in [-0.05, 0) is 51.1 Å². The van der Waals surface area contributed by atoms with Crippen LogP contribution in [0.4, 0.5) is 14.5 Å². The summed E-state index contributed by atoms with van der Waals surface area (Å²) in [7, 11) is 0. The maximum Gasteiger partial charge on any atom is 0.234 e. The van der Waals surface area contributed by atoms with E-state index in [0.717, 1.165) is 0 Å². The Kier molecular flexibility index (Phi) is 7.04. The van der Waals surface area contributed by atoms with Crippen molar-refractivity contribution in [2.75, 3.05) is 11.1 Å². The number of aromatic nitrogens is 3. The van der Waals surface area contributed by atoms with Crippen LogP contribution in [0.5, 0.6) is 5.75 Å². The molecule has 158 valence electrons. The van der Waals surface area contributed by atoms with Crippen LogP contribution in [0.3, 0.4) is 0 Å². The van der Waals surface area contributed by atoms with Crippen LogP contribution in [0, 0.1) is 11.6 Å². The summed E-state index contributed by atoms with van der Waals surface area (Å²) in [6, 6.07) is 11.8. The fourth-order valence-electron chi connectivity index (χ4n) is 2.83. The number of carbonyl (C=O) groups is 1. The van der Waals surface area contributed by atoms with E-state index in [2.05, 4.69) is 15.5 Å². The Bertz CT molecular complexity index is 1030. The molecule has 9 heteroatoms. The van der Waals surface area contributed by atoms with Crippen molar-refractivity contribution >= 4 is 23.4 Å². The number of nitrogens with zero attached hydrogens (tertiary/aromatic N) is 3. The highest BCUT2D eigenvalue weighted by atomic mass is 32.2. The molecule has 0 spiro atoms. The molecule has 0 aliphatic carbocycles. The Morgan fingerprint density at radius 3 is 2.60 bits per heavy atom. The Morgan fingerprint density at radius 1 is 1.13 bits per heavy atom. The van der Waals surface area contributed by atoms with Gasteiger partial charge in [-0.1, -0.05) is 30.0 Å². The molecule has 1 atom stereocenters. The molecule has 0 bridgehead atoms. The van der Waals surface area contributed by atoms with Gasteiger partial charge in [-0.3, -0.25) is 4.79 Å². The van der Waals surface area contributed by atoms with Crippen LogP contribution in [0.25, 0.3) is 0 Å². The molecule has 1 unspecified atom stereocenters. The van der Waals surface area contributed by atoms with Gasteiger partial charge in [-0.15, -0.1) is 10.2 Å². The first-order valence-electron chi connectivity index (χ1n) is 9.39. The van der Waals surface area contributed by atoms with E-state index >= 15 is 0 Å². The van der Waals surface area contributed by atoms with Crippen molar-refractivity contribution < 1.29 is 18.3 Å². The summed E-state index contributed by atoms with van der Waals surface area (Å²) < 4.78 is 34.7. The summed E-state index contributed by atoms with van der Waals surface area (Å²) in [6.07, 6.45) is -0.549. The van der Waals surface area contributed by atoms with Gasteiger partial charge in [0, 0.05) is 11.7 Å². The van der Waals surface area contributed by atoms with Gasteiger partial charge in [0.1, 0.15) is 5.82 Å². The molecule has 1 heterocycles. The van der Waals surface area contributed by atoms with Crippen molar-refractivity contribution in [3.63, 3.8) is 0 Å². The van der Waals surface area contributed by atoms with Crippen molar-refractivity contribution in [3.8, 4) is 5.75 Å². The third kappa shape index (κ3) is 5.35. The smallest absolute Gasteiger partial charge is 0.234 e. The minimum absolute atomic E-state index is 0.00421. The molecule has 3 aromatic rings. The van der Waals surface area contributed by atoms with Crippen LogP contribution in [-0.4, -0.2) is 26.4 Å². The van der Waals surface area contributed by atoms with Gasteiger partial charge < -0.3 is 14.6 Å². The zero-order valence-electron chi connectivity index (χ0n) is 16.8. The fraction of sp³-hybridized carbons (Fsp3) is 0.286. The van der Waals surface area contributed by atoms with Crippen LogP contribution in [0.1, 0.15) is 38.7 Å². The third-order valence-electron chi connectivity index (χ3n) is 4.15. The number of halogens is 2. The van der Waals surface area contributed by atoms with Gasteiger partial charge in [-0.2, -0.15) is 0 Å². The van der Waals surface area contributed by atoms with Gasteiger partial charge in [0.15, 0.2) is 28.7 Å². The first-order chi connectivity index (χ1) is 14.3. The molecule has 1 amide bonds. The van der Waals surface area contributed by atoms with E-state index in [1.807, 2.05) is 18.4 Å². The highest BCUT2D eigenvalue weighted by molar-refractivity contribution is 7.99. The van der Waals surface area contributed by atoms with Crippen LogP contribution >= 0.6 is 11.8 Å². The van der Waals surface area contributed by atoms with Crippen molar-refractivity contribution in [1.29, 1.82) is 0 Å². The van der Waals surface area contributed by atoms with E-state index in [9.17, 15) is 13.6 Å². The lowest BCUT2D eigenvalue weighted by atomic mass is 10.3. The highest BCUT2D eigenvalue weighted by Crippen LogP contribution is 2.28. The predicted molar refractivity (Wildman–Crippen MR) is 112 cm³/mol. The third-order valence-corrected chi connectivity index (χ3v) is 5.10. The maximum absolute atomic E-state index is 13.9. The average molecular weight is 432 g/mol. The van der Waals surface area contributed by atoms with Gasteiger partial charge in [-0.25, -0.2) is 8.78 Å². The number of hydrogen-bond acceptors (Lipinski definition) is 5. The summed E-state index contributed by atoms with van der Waals surface area (Å²) in [4.78, 5) is 12.2. The van der Waals surface area contributed by atoms with Crippen molar-refractivity contribution in [2.24, 2.45) is 0 Å². The summed E-state index contributed by atoms with van der Waals surface area (Å²) in [5.41, 5.74) is 0.388. The number of rotatable bonds is 8. The Morgan fingerprint density at radius 2 is 1.90 bits per heavy atom. The number of ether oxygens (including phenoxy) is 1. The zero-order valence-corrected chi connectivity index (χ0v) is 17.6. The molecule has 30 heavy (non-hydrogen) atoms. The van der Waals surface area contributed by atoms with Crippen molar-refractivity contribution in [2.45, 2.75) is 38.1 Å². The summed E-state index contributed by atoms with van der Waals surface area (Å²) in [5.74, 6) is -0.435. The second kappa shape index (κ2) is 9.71. The number of thioether (sulfide) groups is 1. The van der Waals surface area contributed by atoms with Crippen LogP contribution in [-0.2, 0) is 4.79 Å². The maximum atomic E-state index is 13.9. The molecule has 1 aromatic heterocycles. The first-order valence-corrected chi connectivity index (χ1v) is 10.4. The number of nitrogens with one attached hydrogen (secondary N) is 1. The minimum atomic E-state index is -0.549. The number of anilines is 1. The average Bonchev–Trinajstić information content (AvgIpc) is 3.13. The lowest BCUT2D eigenvalue weighted by molar-refractivity contribution is -0.113. The second-order valence-electron chi connectivity index (χ2n) is 6.84. The molecule has 0 saturated heterocycles. The lowest BCUT2D eigenvalue weighted by Gasteiger charge is -2.19. The number of amides is 1. The highest BCUT2D eigenvalue weighted by Gasteiger charge is 2.22. The fourth-order valence-corrected chi connectivity index (χ4v) is 3.70. The summed E-state index contributed by atoms with van der Waals surface area (Å²) in [6.45, 7) is 5.68. The van der Waals surface area contributed by atoms with Crippen molar-refractivity contribution in [3.05, 3.63) is 66.0 Å². The van der Waals surface area contributed by atoms with E-state index < -0.39 is 17.7 Å². The first kappa shape index (κ1) is 21.8. The monoisotopic (exact) mass is 432 g/mol. The predicted octanol–water partition coefficient (Wildman–Crippen LogP) is 5.01. The molecular formula is C21H22F2N4O2S. The Hall–Kier alpha value is -2.94. The molecule has 0 radical (unpaired) electrons. The van der Waals surface area contributed by atoms with Gasteiger partial charge in [0.2, 0.25) is 5.91 Å². The molecule has 0 aliphatic heterocycles.